The first-order valence-corrected chi connectivity index (χ1v) is 7.36. The lowest BCUT2D eigenvalue weighted by Crippen LogP contribution is -2.40. The number of rotatable bonds is 3. The molecular weight excluding hydrogens is 268 g/mol. The van der Waals surface area contributed by atoms with Crippen LogP contribution in [0.4, 0.5) is 5.69 Å². The van der Waals surface area contributed by atoms with Gasteiger partial charge in [0.1, 0.15) is 6.04 Å². The number of anilines is 1. The molecule has 1 unspecified atom stereocenters. The average molecular weight is 284 g/mol. The zero-order valence-corrected chi connectivity index (χ0v) is 11.4. The first-order chi connectivity index (χ1) is 8.96. The maximum Gasteiger partial charge on any atom is 0.324 e. The van der Waals surface area contributed by atoms with Gasteiger partial charge < -0.3 is 10.5 Å². The molecular formula is C12H16N2O4S. The molecule has 1 aliphatic heterocycles. The lowest BCUT2D eigenvalue weighted by Gasteiger charge is -2.22. The molecule has 19 heavy (non-hydrogen) atoms. The van der Waals surface area contributed by atoms with Crippen molar-refractivity contribution in [2.45, 2.75) is 23.8 Å². The standard InChI is InChI=1S/C12H16N2O4S/c1-18-12(15)11-3-2-8-14(11)19(16,17)10-6-4-9(13)5-7-10/h4-7,11H,2-3,8,13H2,1H3. The van der Waals surface area contributed by atoms with Gasteiger partial charge in [0.05, 0.1) is 12.0 Å². The van der Waals surface area contributed by atoms with E-state index >= 15 is 0 Å². The summed E-state index contributed by atoms with van der Waals surface area (Å²) in [4.78, 5) is 11.7. The molecule has 2 N–H and O–H groups in total. The molecule has 0 spiro atoms. The van der Waals surface area contributed by atoms with Crippen molar-refractivity contribution < 1.29 is 17.9 Å². The molecule has 0 saturated carbocycles. The van der Waals surface area contributed by atoms with Crippen LogP contribution in [-0.2, 0) is 19.6 Å². The van der Waals surface area contributed by atoms with E-state index in [1.54, 1.807) is 0 Å². The second kappa shape index (κ2) is 5.18. The van der Waals surface area contributed by atoms with Gasteiger partial charge in [-0.15, -0.1) is 0 Å². The van der Waals surface area contributed by atoms with Crippen molar-refractivity contribution in [1.82, 2.24) is 4.31 Å². The van der Waals surface area contributed by atoms with Crippen molar-refractivity contribution in [2.75, 3.05) is 19.4 Å². The van der Waals surface area contributed by atoms with E-state index in [-0.39, 0.29) is 4.90 Å². The fraction of sp³-hybridized carbons (Fsp3) is 0.417. The van der Waals surface area contributed by atoms with Crippen molar-refractivity contribution >= 4 is 21.7 Å². The summed E-state index contributed by atoms with van der Waals surface area (Å²) in [6.07, 6.45) is 1.13. The maximum absolute atomic E-state index is 12.5. The van der Waals surface area contributed by atoms with Crippen LogP contribution in [0.15, 0.2) is 29.2 Å². The largest absolute Gasteiger partial charge is 0.468 e. The van der Waals surface area contributed by atoms with Crippen LogP contribution in [0, 0.1) is 0 Å². The van der Waals surface area contributed by atoms with E-state index in [0.717, 1.165) is 0 Å². The van der Waals surface area contributed by atoms with Gasteiger partial charge in [-0.1, -0.05) is 0 Å². The normalized spacial score (nSPS) is 20.4. The van der Waals surface area contributed by atoms with Gasteiger partial charge in [0, 0.05) is 12.2 Å². The van der Waals surface area contributed by atoms with Gasteiger partial charge in [0.2, 0.25) is 10.0 Å². The van der Waals surface area contributed by atoms with Crippen molar-refractivity contribution in [2.24, 2.45) is 0 Å². The van der Waals surface area contributed by atoms with Gasteiger partial charge in [-0.3, -0.25) is 4.79 Å². The summed E-state index contributed by atoms with van der Waals surface area (Å²) >= 11 is 0. The van der Waals surface area contributed by atoms with Gasteiger partial charge >= 0.3 is 5.97 Å². The quantitative estimate of drug-likeness (QED) is 0.648. The van der Waals surface area contributed by atoms with Crippen LogP contribution in [0.3, 0.4) is 0 Å². The molecule has 0 bridgehead atoms. The molecule has 1 aliphatic rings. The minimum Gasteiger partial charge on any atom is -0.468 e. The lowest BCUT2D eigenvalue weighted by atomic mass is 10.2. The van der Waals surface area contributed by atoms with Crippen molar-refractivity contribution in [3.63, 3.8) is 0 Å². The average Bonchev–Trinajstić information content (AvgIpc) is 2.88. The molecule has 1 heterocycles. The Labute approximate surface area is 112 Å². The smallest absolute Gasteiger partial charge is 0.324 e. The molecule has 0 aromatic heterocycles. The van der Waals surface area contributed by atoms with Crippen LogP contribution in [0.5, 0.6) is 0 Å². The Morgan fingerprint density at radius 3 is 2.58 bits per heavy atom. The summed E-state index contributed by atoms with van der Waals surface area (Å²) in [5.74, 6) is -0.517. The number of sulfonamides is 1. The number of nitrogens with two attached hydrogens (primary N) is 1. The second-order valence-corrected chi connectivity index (χ2v) is 6.26. The molecule has 6 nitrogen and oxygen atoms in total. The Balaban J connectivity index is 2.33. The minimum atomic E-state index is -3.68. The summed E-state index contributed by atoms with van der Waals surface area (Å²) < 4.78 is 30.8. The number of methoxy groups -OCH3 is 1. The molecule has 2 rings (SSSR count). The third-order valence-electron chi connectivity index (χ3n) is 3.16. The Morgan fingerprint density at radius 1 is 1.37 bits per heavy atom. The van der Waals surface area contributed by atoms with Crippen LogP contribution >= 0.6 is 0 Å². The van der Waals surface area contributed by atoms with Gasteiger partial charge in [0.15, 0.2) is 0 Å². The fourth-order valence-corrected chi connectivity index (χ4v) is 3.82. The van der Waals surface area contributed by atoms with E-state index in [1.165, 1.54) is 35.7 Å². The fourth-order valence-electron chi connectivity index (χ4n) is 2.17. The maximum atomic E-state index is 12.5. The number of esters is 1. The summed E-state index contributed by atoms with van der Waals surface area (Å²) in [5.41, 5.74) is 6.03. The number of nitrogen functional groups attached to an aromatic ring is 1. The molecule has 1 aromatic carbocycles. The van der Waals surface area contributed by atoms with Crippen LogP contribution in [0.1, 0.15) is 12.8 Å². The Hall–Kier alpha value is -1.60. The van der Waals surface area contributed by atoms with Crippen LogP contribution in [0.2, 0.25) is 0 Å². The Morgan fingerprint density at radius 2 is 2.00 bits per heavy atom. The Bertz CT molecular complexity index is 568. The van der Waals surface area contributed by atoms with E-state index < -0.39 is 22.0 Å². The van der Waals surface area contributed by atoms with E-state index in [4.69, 9.17) is 5.73 Å². The topological polar surface area (TPSA) is 89.7 Å². The zero-order chi connectivity index (χ0) is 14.0. The monoisotopic (exact) mass is 284 g/mol. The van der Waals surface area contributed by atoms with Crippen molar-refractivity contribution in [3.05, 3.63) is 24.3 Å². The van der Waals surface area contributed by atoms with Crippen LogP contribution in [-0.4, -0.2) is 38.4 Å². The van der Waals surface area contributed by atoms with E-state index in [9.17, 15) is 13.2 Å². The molecule has 1 aromatic rings. The lowest BCUT2D eigenvalue weighted by molar-refractivity contribution is -0.144. The van der Waals surface area contributed by atoms with Crippen molar-refractivity contribution in [3.8, 4) is 0 Å². The molecule has 104 valence electrons. The molecule has 1 fully saturated rings. The highest BCUT2D eigenvalue weighted by molar-refractivity contribution is 7.89. The SMILES string of the molecule is COC(=O)C1CCCN1S(=O)(=O)c1ccc(N)cc1. The minimum absolute atomic E-state index is 0.137. The highest BCUT2D eigenvalue weighted by Crippen LogP contribution is 2.27. The Kier molecular flexibility index (Phi) is 3.77. The highest BCUT2D eigenvalue weighted by atomic mass is 32.2. The number of ether oxygens (including phenoxy) is 1. The molecule has 0 amide bonds. The number of hydrogen-bond donors (Lipinski definition) is 1. The van der Waals surface area contributed by atoms with E-state index in [0.29, 0.717) is 25.1 Å². The number of benzene rings is 1. The molecule has 1 saturated heterocycles. The summed E-state index contributed by atoms with van der Waals surface area (Å²) in [6.45, 7) is 0.326. The summed E-state index contributed by atoms with van der Waals surface area (Å²) in [7, 11) is -2.42. The third-order valence-corrected chi connectivity index (χ3v) is 5.09. The second-order valence-electron chi connectivity index (χ2n) is 4.37. The van der Waals surface area contributed by atoms with Crippen LogP contribution in [0.25, 0.3) is 0 Å². The summed E-state index contributed by atoms with van der Waals surface area (Å²) in [6, 6.07) is 5.20. The molecule has 0 radical (unpaired) electrons. The van der Waals surface area contributed by atoms with Crippen LogP contribution < -0.4 is 5.73 Å². The first-order valence-electron chi connectivity index (χ1n) is 5.92. The first kappa shape index (κ1) is 13.8. The molecule has 1 atom stereocenters. The number of nitrogens with zero attached hydrogens (tertiary/aromatic N) is 1. The van der Waals surface area contributed by atoms with Gasteiger partial charge in [-0.25, -0.2) is 8.42 Å². The predicted molar refractivity (Wildman–Crippen MR) is 69.8 cm³/mol. The zero-order valence-electron chi connectivity index (χ0n) is 10.6. The van der Waals surface area contributed by atoms with E-state index in [2.05, 4.69) is 4.74 Å². The van der Waals surface area contributed by atoms with Gasteiger partial charge in [-0.05, 0) is 37.1 Å². The number of carbonyl (C=O) groups excluding carboxylic acids is 1. The molecule has 7 heteroatoms. The van der Waals surface area contributed by atoms with Gasteiger partial charge in [-0.2, -0.15) is 4.31 Å². The third kappa shape index (κ3) is 2.57. The van der Waals surface area contributed by atoms with Crippen molar-refractivity contribution in [1.29, 1.82) is 0 Å². The highest BCUT2D eigenvalue weighted by Gasteiger charge is 2.39. The molecule has 0 aliphatic carbocycles. The van der Waals surface area contributed by atoms with Gasteiger partial charge in [0.25, 0.3) is 0 Å². The number of carbonyl (C=O) groups is 1. The summed E-state index contributed by atoms with van der Waals surface area (Å²) in [5, 5.41) is 0. The van der Waals surface area contributed by atoms with E-state index in [1.807, 2.05) is 0 Å². The predicted octanol–water partition coefficient (Wildman–Crippen LogP) is 0.595. The number of hydrogen-bond acceptors (Lipinski definition) is 5.